The maximum atomic E-state index is 10.7. The molecule has 0 amide bonds. The van der Waals surface area contributed by atoms with Crippen molar-refractivity contribution in [1.29, 1.82) is 0 Å². The van der Waals surface area contributed by atoms with Crippen LogP contribution in [0.15, 0.2) is 17.0 Å². The van der Waals surface area contributed by atoms with Gasteiger partial charge in [-0.3, -0.25) is 14.9 Å². The van der Waals surface area contributed by atoms with Crippen LogP contribution in [0, 0.1) is 23.0 Å². The highest BCUT2D eigenvalue weighted by atomic mass is 35.5. The quantitative estimate of drug-likeness (QED) is 0.510. The third-order valence-corrected chi connectivity index (χ3v) is 4.07. The number of nitro benzene ring substituents is 1. The normalized spacial score (nSPS) is 12.2. The second-order valence-corrected chi connectivity index (χ2v) is 5.35. The molecule has 7 heteroatoms. The standard InChI is InChI=1S/C11H12ClNO4S/c1-6-3-9(13(16)17)8(12)4-10(6)18-5-7(2)11(14)15/h3-4,7H,5H2,1-2H3,(H,14,15). The molecule has 0 bridgehead atoms. The van der Waals surface area contributed by atoms with E-state index in [-0.39, 0.29) is 10.7 Å². The number of nitrogens with zero attached hydrogens (tertiary/aromatic N) is 1. The Balaban J connectivity index is 2.88. The van der Waals surface area contributed by atoms with E-state index in [1.807, 2.05) is 0 Å². The lowest BCUT2D eigenvalue weighted by atomic mass is 10.2. The molecule has 1 aromatic rings. The van der Waals surface area contributed by atoms with Crippen molar-refractivity contribution in [2.75, 3.05) is 5.75 Å². The summed E-state index contributed by atoms with van der Waals surface area (Å²) in [4.78, 5) is 21.6. The maximum Gasteiger partial charge on any atom is 0.307 e. The third kappa shape index (κ3) is 3.61. The first kappa shape index (κ1) is 14.8. The predicted molar refractivity (Wildman–Crippen MR) is 70.4 cm³/mol. The number of thioether (sulfide) groups is 1. The molecule has 0 aliphatic heterocycles. The zero-order chi connectivity index (χ0) is 13.9. The number of carbonyl (C=O) groups is 1. The first-order valence-corrected chi connectivity index (χ1v) is 6.49. The molecule has 1 atom stereocenters. The van der Waals surface area contributed by atoms with Crippen molar-refractivity contribution < 1.29 is 14.8 Å². The molecular formula is C11H12ClNO4S. The largest absolute Gasteiger partial charge is 0.481 e. The molecule has 18 heavy (non-hydrogen) atoms. The molecule has 0 radical (unpaired) electrons. The summed E-state index contributed by atoms with van der Waals surface area (Å²) in [5.74, 6) is -0.957. The van der Waals surface area contributed by atoms with Gasteiger partial charge in [0.15, 0.2) is 0 Å². The number of rotatable bonds is 5. The smallest absolute Gasteiger partial charge is 0.307 e. The van der Waals surface area contributed by atoms with Crippen LogP contribution >= 0.6 is 23.4 Å². The van der Waals surface area contributed by atoms with Crippen LogP contribution < -0.4 is 0 Å². The zero-order valence-electron chi connectivity index (χ0n) is 9.84. The Kier molecular flexibility index (Phi) is 4.98. The van der Waals surface area contributed by atoms with Crippen molar-refractivity contribution in [3.8, 4) is 0 Å². The van der Waals surface area contributed by atoms with Crippen LogP contribution in [0.2, 0.25) is 5.02 Å². The van der Waals surface area contributed by atoms with E-state index in [4.69, 9.17) is 16.7 Å². The van der Waals surface area contributed by atoms with E-state index >= 15 is 0 Å². The van der Waals surface area contributed by atoms with Gasteiger partial charge in [0.25, 0.3) is 5.69 Å². The van der Waals surface area contributed by atoms with Crippen LogP contribution in [0.25, 0.3) is 0 Å². The van der Waals surface area contributed by atoms with Crippen molar-refractivity contribution in [3.05, 3.63) is 32.8 Å². The molecule has 0 heterocycles. The Labute approximate surface area is 113 Å². The molecule has 1 rings (SSSR count). The molecule has 0 saturated heterocycles. The van der Waals surface area contributed by atoms with E-state index in [2.05, 4.69) is 0 Å². The number of nitro groups is 1. The summed E-state index contributed by atoms with van der Waals surface area (Å²) in [6, 6.07) is 2.91. The highest BCUT2D eigenvalue weighted by Gasteiger charge is 2.17. The SMILES string of the molecule is Cc1cc([N+](=O)[O-])c(Cl)cc1SCC(C)C(=O)O. The summed E-state index contributed by atoms with van der Waals surface area (Å²) in [7, 11) is 0. The molecule has 1 unspecified atom stereocenters. The molecule has 0 aliphatic carbocycles. The number of carboxylic acid groups (broad SMARTS) is 1. The van der Waals surface area contributed by atoms with E-state index in [9.17, 15) is 14.9 Å². The van der Waals surface area contributed by atoms with Gasteiger partial charge >= 0.3 is 5.97 Å². The molecule has 98 valence electrons. The molecule has 0 fully saturated rings. The van der Waals surface area contributed by atoms with Crippen LogP contribution in [0.5, 0.6) is 0 Å². The summed E-state index contributed by atoms with van der Waals surface area (Å²) in [5.41, 5.74) is 0.582. The molecule has 0 aliphatic rings. The van der Waals surface area contributed by atoms with Crippen molar-refractivity contribution in [2.45, 2.75) is 18.7 Å². The van der Waals surface area contributed by atoms with Crippen LogP contribution in [0.4, 0.5) is 5.69 Å². The number of hydrogen-bond donors (Lipinski definition) is 1. The van der Waals surface area contributed by atoms with Gasteiger partial charge in [0, 0.05) is 16.7 Å². The lowest BCUT2D eigenvalue weighted by Gasteiger charge is -2.09. The van der Waals surface area contributed by atoms with Gasteiger partial charge in [0.05, 0.1) is 10.8 Å². The van der Waals surface area contributed by atoms with Crippen molar-refractivity contribution in [2.24, 2.45) is 5.92 Å². The van der Waals surface area contributed by atoms with Crippen LogP contribution in [0.1, 0.15) is 12.5 Å². The van der Waals surface area contributed by atoms with Gasteiger partial charge in [-0.15, -0.1) is 11.8 Å². The maximum absolute atomic E-state index is 10.7. The fourth-order valence-corrected chi connectivity index (χ4v) is 2.59. The Bertz CT molecular complexity index is 492. The van der Waals surface area contributed by atoms with Crippen LogP contribution in [-0.2, 0) is 4.79 Å². The number of aryl methyl sites for hydroxylation is 1. The second-order valence-electron chi connectivity index (χ2n) is 3.88. The molecule has 1 N–H and O–H groups in total. The molecule has 0 aromatic heterocycles. The molecular weight excluding hydrogens is 278 g/mol. The lowest BCUT2D eigenvalue weighted by molar-refractivity contribution is -0.384. The summed E-state index contributed by atoms with van der Waals surface area (Å²) in [5, 5.41) is 19.5. The fraction of sp³-hybridized carbons (Fsp3) is 0.364. The summed E-state index contributed by atoms with van der Waals surface area (Å²) >= 11 is 7.13. The van der Waals surface area contributed by atoms with Gasteiger partial charge in [-0.05, 0) is 18.6 Å². The Morgan fingerprint density at radius 3 is 2.72 bits per heavy atom. The minimum absolute atomic E-state index is 0.0658. The molecule has 1 aromatic carbocycles. The average Bonchev–Trinajstić information content (AvgIpc) is 2.28. The molecule has 0 spiro atoms. The monoisotopic (exact) mass is 289 g/mol. The molecule has 5 nitrogen and oxygen atoms in total. The number of benzene rings is 1. The fourth-order valence-electron chi connectivity index (χ4n) is 1.23. The van der Waals surface area contributed by atoms with Gasteiger partial charge in [0.2, 0.25) is 0 Å². The van der Waals surface area contributed by atoms with Gasteiger partial charge < -0.3 is 5.11 Å². The highest BCUT2D eigenvalue weighted by molar-refractivity contribution is 7.99. The summed E-state index contributed by atoms with van der Waals surface area (Å²) < 4.78 is 0. The minimum Gasteiger partial charge on any atom is -0.481 e. The predicted octanol–water partition coefficient (Wildman–Crippen LogP) is 3.37. The summed E-state index contributed by atoms with van der Waals surface area (Å²) in [6.07, 6.45) is 0. The Hall–Kier alpha value is -1.27. The minimum atomic E-state index is -0.867. The number of aliphatic carboxylic acids is 1. The van der Waals surface area contributed by atoms with Crippen molar-refractivity contribution in [1.82, 2.24) is 0 Å². The average molecular weight is 290 g/mol. The van der Waals surface area contributed by atoms with Crippen molar-refractivity contribution in [3.63, 3.8) is 0 Å². The highest BCUT2D eigenvalue weighted by Crippen LogP contribution is 2.33. The van der Waals surface area contributed by atoms with Crippen LogP contribution in [-0.4, -0.2) is 21.8 Å². The Morgan fingerprint density at radius 2 is 2.22 bits per heavy atom. The van der Waals surface area contributed by atoms with E-state index < -0.39 is 16.8 Å². The van der Waals surface area contributed by atoms with Gasteiger partial charge in [0.1, 0.15) is 5.02 Å². The zero-order valence-corrected chi connectivity index (χ0v) is 11.4. The van der Waals surface area contributed by atoms with Crippen LogP contribution in [0.3, 0.4) is 0 Å². The topological polar surface area (TPSA) is 80.4 Å². The van der Waals surface area contributed by atoms with E-state index in [1.54, 1.807) is 13.8 Å². The number of hydrogen-bond acceptors (Lipinski definition) is 4. The summed E-state index contributed by atoms with van der Waals surface area (Å²) in [6.45, 7) is 3.34. The second kappa shape index (κ2) is 6.06. The van der Waals surface area contributed by atoms with Gasteiger partial charge in [-0.1, -0.05) is 18.5 Å². The van der Waals surface area contributed by atoms with Crippen molar-refractivity contribution >= 4 is 35.0 Å². The van der Waals surface area contributed by atoms with E-state index in [1.165, 1.54) is 23.9 Å². The first-order valence-electron chi connectivity index (χ1n) is 5.13. The Morgan fingerprint density at radius 1 is 1.61 bits per heavy atom. The van der Waals surface area contributed by atoms with Gasteiger partial charge in [-0.2, -0.15) is 0 Å². The number of halogens is 1. The van der Waals surface area contributed by atoms with E-state index in [0.29, 0.717) is 11.3 Å². The molecule has 0 saturated carbocycles. The lowest BCUT2D eigenvalue weighted by Crippen LogP contribution is -2.11. The number of carboxylic acids is 1. The third-order valence-electron chi connectivity index (χ3n) is 2.35. The van der Waals surface area contributed by atoms with Gasteiger partial charge in [-0.25, -0.2) is 0 Å². The first-order chi connectivity index (χ1) is 8.32. The van der Waals surface area contributed by atoms with E-state index in [0.717, 1.165) is 4.90 Å².